The van der Waals surface area contributed by atoms with Crippen LogP contribution in [0.1, 0.15) is 11.1 Å². The van der Waals surface area contributed by atoms with Crippen LogP contribution in [0.3, 0.4) is 0 Å². The van der Waals surface area contributed by atoms with Crippen molar-refractivity contribution in [1.29, 1.82) is 0 Å². The van der Waals surface area contributed by atoms with Gasteiger partial charge in [0.05, 0.1) is 12.8 Å². The van der Waals surface area contributed by atoms with Gasteiger partial charge in [-0.25, -0.2) is 5.43 Å². The first-order valence-electron chi connectivity index (χ1n) is 7.96. The van der Waals surface area contributed by atoms with Gasteiger partial charge in [-0.2, -0.15) is 5.10 Å². The highest BCUT2D eigenvalue weighted by atomic mass is 16.3. The van der Waals surface area contributed by atoms with Gasteiger partial charge in [0, 0.05) is 11.3 Å². The molecule has 25 heavy (non-hydrogen) atoms. The Bertz CT molecular complexity index is 935. The summed E-state index contributed by atoms with van der Waals surface area (Å²) in [5, 5.41) is 19.1. The number of carbonyl (C=O) groups is 1. The molecule has 0 aliphatic rings. The molecule has 0 bridgehead atoms. The van der Waals surface area contributed by atoms with Crippen LogP contribution in [0.4, 0.5) is 5.69 Å². The highest BCUT2D eigenvalue weighted by Crippen LogP contribution is 2.19. The third-order valence-electron chi connectivity index (χ3n) is 3.86. The van der Waals surface area contributed by atoms with E-state index in [0.29, 0.717) is 5.56 Å². The zero-order chi connectivity index (χ0) is 17.6. The number of amides is 1. The lowest BCUT2D eigenvalue weighted by Gasteiger charge is -2.07. The van der Waals surface area contributed by atoms with Crippen LogP contribution in [0.2, 0.25) is 0 Å². The van der Waals surface area contributed by atoms with Crippen molar-refractivity contribution in [2.45, 2.75) is 6.92 Å². The first kappa shape index (κ1) is 16.5. The number of carbonyl (C=O) groups excluding carboxylic acids is 1. The Morgan fingerprint density at radius 3 is 2.72 bits per heavy atom. The van der Waals surface area contributed by atoms with Gasteiger partial charge >= 0.3 is 0 Å². The van der Waals surface area contributed by atoms with Crippen molar-refractivity contribution in [2.24, 2.45) is 5.10 Å². The molecular formula is C20H19N3O2. The topological polar surface area (TPSA) is 73.7 Å². The number of nitrogens with zero attached hydrogens (tertiary/aromatic N) is 1. The fourth-order valence-electron chi connectivity index (χ4n) is 2.48. The fourth-order valence-corrected chi connectivity index (χ4v) is 2.48. The molecule has 0 heterocycles. The molecule has 0 fully saturated rings. The smallest absolute Gasteiger partial charge is 0.259 e. The molecule has 5 nitrogen and oxygen atoms in total. The maximum atomic E-state index is 11.9. The SMILES string of the molecule is Cc1cccc(C=NNC(=O)CNc2ccc3ccccc3c2)c1O. The molecule has 0 unspecified atom stereocenters. The Labute approximate surface area is 146 Å². The van der Waals surface area contributed by atoms with E-state index in [4.69, 9.17) is 0 Å². The Morgan fingerprint density at radius 2 is 1.88 bits per heavy atom. The van der Waals surface area contributed by atoms with Gasteiger partial charge < -0.3 is 10.4 Å². The van der Waals surface area contributed by atoms with E-state index in [-0.39, 0.29) is 18.2 Å². The van der Waals surface area contributed by atoms with Crippen LogP contribution in [0, 0.1) is 6.92 Å². The number of nitrogens with one attached hydrogen (secondary N) is 2. The molecule has 0 aliphatic carbocycles. The molecule has 3 aromatic rings. The molecule has 3 N–H and O–H groups in total. The monoisotopic (exact) mass is 333 g/mol. The van der Waals surface area contributed by atoms with Gasteiger partial charge in [0.1, 0.15) is 5.75 Å². The maximum absolute atomic E-state index is 11.9. The summed E-state index contributed by atoms with van der Waals surface area (Å²) in [6, 6.07) is 19.3. The van der Waals surface area contributed by atoms with E-state index in [2.05, 4.69) is 15.8 Å². The molecule has 3 rings (SSSR count). The van der Waals surface area contributed by atoms with Gasteiger partial charge in [-0.1, -0.05) is 42.5 Å². The van der Waals surface area contributed by atoms with Crippen molar-refractivity contribution in [2.75, 3.05) is 11.9 Å². The zero-order valence-electron chi connectivity index (χ0n) is 13.9. The van der Waals surface area contributed by atoms with E-state index < -0.39 is 0 Å². The second-order valence-electron chi connectivity index (χ2n) is 5.72. The molecule has 126 valence electrons. The normalized spacial score (nSPS) is 10.9. The summed E-state index contributed by atoms with van der Waals surface area (Å²) in [5.41, 5.74) is 4.63. The summed E-state index contributed by atoms with van der Waals surface area (Å²) in [7, 11) is 0. The summed E-state index contributed by atoms with van der Waals surface area (Å²) < 4.78 is 0. The Morgan fingerprint density at radius 1 is 1.08 bits per heavy atom. The zero-order valence-corrected chi connectivity index (χ0v) is 13.9. The van der Waals surface area contributed by atoms with Crippen LogP contribution >= 0.6 is 0 Å². The number of rotatable bonds is 5. The molecule has 0 aromatic heterocycles. The van der Waals surface area contributed by atoms with Gasteiger partial charge in [0.25, 0.3) is 5.91 Å². The largest absolute Gasteiger partial charge is 0.507 e. The number of aromatic hydroxyl groups is 1. The van der Waals surface area contributed by atoms with E-state index in [9.17, 15) is 9.90 Å². The molecule has 0 atom stereocenters. The van der Waals surface area contributed by atoms with Gasteiger partial charge in [-0.3, -0.25) is 4.79 Å². The Kier molecular flexibility index (Phi) is 4.95. The average molecular weight is 333 g/mol. The third kappa shape index (κ3) is 4.14. The minimum Gasteiger partial charge on any atom is -0.507 e. The number of phenolic OH excluding ortho intramolecular Hbond substituents is 1. The van der Waals surface area contributed by atoms with Gasteiger partial charge in [-0.05, 0) is 41.5 Å². The van der Waals surface area contributed by atoms with Crippen LogP contribution in [-0.2, 0) is 4.79 Å². The molecule has 0 radical (unpaired) electrons. The average Bonchev–Trinajstić information content (AvgIpc) is 2.63. The van der Waals surface area contributed by atoms with Crippen LogP contribution in [0.25, 0.3) is 10.8 Å². The van der Waals surface area contributed by atoms with Gasteiger partial charge in [0.2, 0.25) is 0 Å². The Balaban J connectivity index is 1.55. The molecule has 5 heteroatoms. The second kappa shape index (κ2) is 7.49. The first-order valence-corrected chi connectivity index (χ1v) is 7.96. The molecule has 0 aliphatic heterocycles. The van der Waals surface area contributed by atoms with Crippen molar-refractivity contribution in [3.05, 3.63) is 71.8 Å². The van der Waals surface area contributed by atoms with Crippen molar-refractivity contribution < 1.29 is 9.90 Å². The number of phenols is 1. The van der Waals surface area contributed by atoms with Crippen molar-refractivity contribution >= 4 is 28.6 Å². The maximum Gasteiger partial charge on any atom is 0.259 e. The lowest BCUT2D eigenvalue weighted by Crippen LogP contribution is -2.25. The van der Waals surface area contributed by atoms with Crippen LogP contribution < -0.4 is 10.7 Å². The fraction of sp³-hybridized carbons (Fsp3) is 0.100. The summed E-state index contributed by atoms with van der Waals surface area (Å²) in [5.74, 6) is -0.105. The molecular weight excluding hydrogens is 314 g/mol. The number of aryl methyl sites for hydroxylation is 1. The van der Waals surface area contributed by atoms with E-state index in [1.807, 2.05) is 48.5 Å². The number of para-hydroxylation sites is 1. The quantitative estimate of drug-likeness (QED) is 0.495. The van der Waals surface area contributed by atoms with E-state index in [1.165, 1.54) is 6.21 Å². The van der Waals surface area contributed by atoms with Crippen LogP contribution in [-0.4, -0.2) is 23.8 Å². The Hall–Kier alpha value is -3.34. The summed E-state index contributed by atoms with van der Waals surface area (Å²) >= 11 is 0. The number of benzene rings is 3. The standard InChI is InChI=1S/C20H19N3O2/c1-14-5-4-8-17(20(14)25)12-22-23-19(24)13-21-18-10-9-15-6-2-3-7-16(15)11-18/h2-12,21,25H,13H2,1H3,(H,23,24). The van der Waals surface area contributed by atoms with E-state index in [0.717, 1.165) is 22.0 Å². The number of hydrogen-bond acceptors (Lipinski definition) is 4. The molecule has 1 amide bonds. The second-order valence-corrected chi connectivity index (χ2v) is 5.72. The summed E-state index contributed by atoms with van der Waals surface area (Å²) in [6.45, 7) is 1.91. The van der Waals surface area contributed by atoms with E-state index >= 15 is 0 Å². The molecule has 3 aromatic carbocycles. The number of hydrazone groups is 1. The number of hydrogen-bond donors (Lipinski definition) is 3. The highest BCUT2D eigenvalue weighted by Gasteiger charge is 2.02. The molecule has 0 saturated heterocycles. The highest BCUT2D eigenvalue weighted by molar-refractivity contribution is 5.88. The minimum absolute atomic E-state index is 0.107. The lowest BCUT2D eigenvalue weighted by atomic mass is 10.1. The van der Waals surface area contributed by atoms with Crippen LogP contribution in [0.15, 0.2) is 65.8 Å². The number of anilines is 1. The van der Waals surface area contributed by atoms with Crippen molar-refractivity contribution in [1.82, 2.24) is 5.43 Å². The lowest BCUT2D eigenvalue weighted by molar-refractivity contribution is -0.119. The van der Waals surface area contributed by atoms with Crippen molar-refractivity contribution in [3.8, 4) is 5.75 Å². The molecule has 0 saturated carbocycles. The van der Waals surface area contributed by atoms with Crippen LogP contribution in [0.5, 0.6) is 5.75 Å². The third-order valence-corrected chi connectivity index (χ3v) is 3.86. The summed E-state index contributed by atoms with van der Waals surface area (Å²) in [4.78, 5) is 11.9. The molecule has 0 spiro atoms. The number of fused-ring (bicyclic) bond motifs is 1. The van der Waals surface area contributed by atoms with Gasteiger partial charge in [-0.15, -0.1) is 0 Å². The van der Waals surface area contributed by atoms with E-state index in [1.54, 1.807) is 19.1 Å². The predicted octanol–water partition coefficient (Wildman–Crippen LogP) is 3.42. The predicted molar refractivity (Wildman–Crippen MR) is 101 cm³/mol. The van der Waals surface area contributed by atoms with Gasteiger partial charge in [0.15, 0.2) is 0 Å². The minimum atomic E-state index is -0.267. The summed E-state index contributed by atoms with van der Waals surface area (Å²) in [6.07, 6.45) is 1.43. The van der Waals surface area contributed by atoms with Crippen molar-refractivity contribution in [3.63, 3.8) is 0 Å². The first-order chi connectivity index (χ1) is 12.1.